The first-order chi connectivity index (χ1) is 11.6. The zero-order valence-corrected chi connectivity index (χ0v) is 14.7. The maximum absolute atomic E-state index is 12.2. The van der Waals surface area contributed by atoms with E-state index in [0.29, 0.717) is 12.6 Å². The van der Waals surface area contributed by atoms with Crippen molar-refractivity contribution in [3.05, 3.63) is 18.2 Å². The Hall–Kier alpha value is -1.40. The average molecular weight is 334 g/mol. The number of likely N-dealkylation sites (tertiary alicyclic amines) is 1. The minimum Gasteiger partial charge on any atom is -0.385 e. The lowest BCUT2D eigenvalue weighted by molar-refractivity contribution is -0.123. The molecule has 0 radical (unpaired) electrons. The van der Waals surface area contributed by atoms with Crippen LogP contribution in [0.2, 0.25) is 0 Å². The van der Waals surface area contributed by atoms with E-state index in [1.54, 1.807) is 6.20 Å². The summed E-state index contributed by atoms with van der Waals surface area (Å²) in [7, 11) is 1.91. The van der Waals surface area contributed by atoms with Gasteiger partial charge in [-0.25, -0.2) is 4.98 Å². The summed E-state index contributed by atoms with van der Waals surface area (Å²) in [6.07, 6.45) is 10.9. The Bertz CT molecular complexity index is 531. The first kappa shape index (κ1) is 17.4. The van der Waals surface area contributed by atoms with E-state index in [-0.39, 0.29) is 11.8 Å². The predicted octanol–water partition coefficient (Wildman–Crippen LogP) is 1.61. The second-order valence-electron chi connectivity index (χ2n) is 7.36. The highest BCUT2D eigenvalue weighted by Crippen LogP contribution is 2.29. The van der Waals surface area contributed by atoms with Crippen LogP contribution in [0.25, 0.3) is 0 Å². The van der Waals surface area contributed by atoms with Crippen molar-refractivity contribution in [3.8, 4) is 0 Å². The quantitative estimate of drug-likeness (QED) is 0.858. The summed E-state index contributed by atoms with van der Waals surface area (Å²) in [4.78, 5) is 18.7. The fraction of sp³-hybridized carbons (Fsp3) is 0.778. The smallest absolute Gasteiger partial charge is 0.234 e. The van der Waals surface area contributed by atoms with Crippen molar-refractivity contribution >= 4 is 5.91 Å². The number of amides is 1. The van der Waals surface area contributed by atoms with Crippen LogP contribution >= 0.6 is 0 Å². The van der Waals surface area contributed by atoms with Gasteiger partial charge in [0, 0.05) is 25.5 Å². The van der Waals surface area contributed by atoms with E-state index in [1.807, 2.05) is 17.8 Å². The number of aromatic nitrogens is 2. The molecule has 1 saturated carbocycles. The number of aliphatic hydroxyl groups is 1. The number of hydrogen-bond acceptors (Lipinski definition) is 4. The van der Waals surface area contributed by atoms with Crippen LogP contribution in [-0.2, 0) is 11.8 Å². The van der Waals surface area contributed by atoms with Crippen LogP contribution < -0.4 is 5.32 Å². The molecule has 0 bridgehead atoms. The molecule has 0 aromatic carbocycles. The number of hydrogen-bond donors (Lipinski definition) is 2. The molecule has 2 fully saturated rings. The van der Waals surface area contributed by atoms with Crippen LogP contribution in [0.5, 0.6) is 0 Å². The van der Waals surface area contributed by atoms with Crippen LogP contribution in [0.4, 0.5) is 0 Å². The molecule has 1 aliphatic carbocycles. The number of imidazole rings is 1. The topological polar surface area (TPSA) is 70.4 Å². The van der Waals surface area contributed by atoms with Gasteiger partial charge in [0.2, 0.25) is 5.91 Å². The molecule has 2 aliphatic rings. The lowest BCUT2D eigenvalue weighted by Gasteiger charge is -2.34. The lowest BCUT2D eigenvalue weighted by Crippen LogP contribution is -2.45. The molecular formula is C18H30N4O2. The molecular weight excluding hydrogens is 304 g/mol. The molecule has 24 heavy (non-hydrogen) atoms. The number of aryl methyl sites for hydroxylation is 1. The molecule has 2 N–H and O–H groups in total. The van der Waals surface area contributed by atoms with Crippen molar-refractivity contribution in [1.82, 2.24) is 19.8 Å². The molecule has 2 heterocycles. The zero-order valence-electron chi connectivity index (χ0n) is 14.7. The molecule has 134 valence electrons. The van der Waals surface area contributed by atoms with Crippen LogP contribution in [0.15, 0.2) is 12.4 Å². The van der Waals surface area contributed by atoms with Crippen molar-refractivity contribution < 1.29 is 9.90 Å². The van der Waals surface area contributed by atoms with Gasteiger partial charge in [-0.3, -0.25) is 9.69 Å². The normalized spacial score (nSPS) is 22.4. The van der Waals surface area contributed by atoms with Gasteiger partial charge in [0.1, 0.15) is 11.9 Å². The van der Waals surface area contributed by atoms with Crippen LogP contribution in [0.3, 0.4) is 0 Å². The lowest BCUT2D eigenvalue weighted by atomic mass is 9.90. The Morgan fingerprint density at radius 1 is 1.29 bits per heavy atom. The minimum atomic E-state index is -0.511. The van der Waals surface area contributed by atoms with Gasteiger partial charge in [-0.2, -0.15) is 0 Å². The SMILES string of the molecule is Cn1ccnc1C(O)C1CCN(CC(=O)NC2CCCCC2)CC1. The summed E-state index contributed by atoms with van der Waals surface area (Å²) < 4.78 is 1.88. The molecule has 0 spiro atoms. The van der Waals surface area contributed by atoms with E-state index in [0.717, 1.165) is 44.6 Å². The van der Waals surface area contributed by atoms with Gasteiger partial charge < -0.3 is 15.0 Å². The van der Waals surface area contributed by atoms with E-state index in [9.17, 15) is 9.90 Å². The number of rotatable bonds is 5. The molecule has 6 heteroatoms. The second-order valence-corrected chi connectivity index (χ2v) is 7.36. The zero-order chi connectivity index (χ0) is 16.9. The summed E-state index contributed by atoms with van der Waals surface area (Å²) in [5.74, 6) is 1.12. The number of nitrogens with one attached hydrogen (secondary N) is 1. The van der Waals surface area contributed by atoms with Crippen LogP contribution in [0.1, 0.15) is 56.9 Å². The Kier molecular flexibility index (Phi) is 5.89. The van der Waals surface area contributed by atoms with E-state index in [2.05, 4.69) is 15.2 Å². The Labute approximate surface area is 144 Å². The highest BCUT2D eigenvalue weighted by Gasteiger charge is 2.29. The highest BCUT2D eigenvalue weighted by molar-refractivity contribution is 5.78. The third kappa shape index (κ3) is 4.36. The molecule has 1 amide bonds. The molecule has 6 nitrogen and oxygen atoms in total. The second kappa shape index (κ2) is 8.12. The molecule has 1 aromatic heterocycles. The largest absolute Gasteiger partial charge is 0.385 e. The molecule has 1 saturated heterocycles. The van der Waals surface area contributed by atoms with Gasteiger partial charge in [-0.05, 0) is 44.7 Å². The fourth-order valence-corrected chi connectivity index (χ4v) is 4.02. The highest BCUT2D eigenvalue weighted by atomic mass is 16.3. The summed E-state index contributed by atoms with van der Waals surface area (Å²) in [5.41, 5.74) is 0. The number of carbonyl (C=O) groups is 1. The van der Waals surface area contributed by atoms with Gasteiger partial charge in [0.25, 0.3) is 0 Å². The van der Waals surface area contributed by atoms with Gasteiger partial charge in [0.15, 0.2) is 0 Å². The summed E-state index contributed by atoms with van der Waals surface area (Å²) in [6.45, 7) is 2.22. The van der Waals surface area contributed by atoms with Crippen molar-refractivity contribution in [2.24, 2.45) is 13.0 Å². The Balaban J connectivity index is 1.41. The Morgan fingerprint density at radius 3 is 2.62 bits per heavy atom. The fourth-order valence-electron chi connectivity index (χ4n) is 4.02. The van der Waals surface area contributed by atoms with Crippen LogP contribution in [0, 0.1) is 5.92 Å². The minimum absolute atomic E-state index is 0.157. The molecule has 1 unspecified atom stereocenters. The van der Waals surface area contributed by atoms with E-state index in [4.69, 9.17) is 0 Å². The van der Waals surface area contributed by atoms with Crippen molar-refractivity contribution in [2.45, 2.75) is 57.1 Å². The monoisotopic (exact) mass is 334 g/mol. The maximum atomic E-state index is 12.2. The molecule has 1 aliphatic heterocycles. The van der Waals surface area contributed by atoms with Crippen molar-refractivity contribution in [2.75, 3.05) is 19.6 Å². The van der Waals surface area contributed by atoms with Crippen molar-refractivity contribution in [1.29, 1.82) is 0 Å². The first-order valence-electron chi connectivity index (χ1n) is 9.30. The average Bonchev–Trinajstić information content (AvgIpc) is 3.02. The molecule has 3 rings (SSSR count). The van der Waals surface area contributed by atoms with Crippen LogP contribution in [-0.4, -0.2) is 51.1 Å². The maximum Gasteiger partial charge on any atom is 0.234 e. The van der Waals surface area contributed by atoms with Gasteiger partial charge in [-0.1, -0.05) is 19.3 Å². The van der Waals surface area contributed by atoms with Gasteiger partial charge >= 0.3 is 0 Å². The summed E-state index contributed by atoms with van der Waals surface area (Å²) >= 11 is 0. The third-order valence-electron chi connectivity index (χ3n) is 5.54. The summed E-state index contributed by atoms with van der Waals surface area (Å²) in [6, 6.07) is 0.383. The van der Waals surface area contributed by atoms with Gasteiger partial charge in [0.05, 0.1) is 6.54 Å². The summed E-state index contributed by atoms with van der Waals surface area (Å²) in [5, 5.41) is 13.7. The third-order valence-corrected chi connectivity index (χ3v) is 5.54. The number of aliphatic hydroxyl groups excluding tert-OH is 1. The van der Waals surface area contributed by atoms with Gasteiger partial charge in [-0.15, -0.1) is 0 Å². The van der Waals surface area contributed by atoms with E-state index < -0.39 is 6.10 Å². The standard InChI is InChI=1S/C18H30N4O2/c1-21-12-9-19-18(21)17(24)14-7-10-22(11-8-14)13-16(23)20-15-5-3-2-4-6-15/h9,12,14-15,17,24H,2-8,10-11,13H2,1H3,(H,20,23). The van der Waals surface area contributed by atoms with E-state index >= 15 is 0 Å². The molecule has 1 atom stereocenters. The number of nitrogens with zero attached hydrogens (tertiary/aromatic N) is 3. The number of piperidine rings is 1. The molecule has 1 aromatic rings. The predicted molar refractivity (Wildman–Crippen MR) is 92.3 cm³/mol. The van der Waals surface area contributed by atoms with E-state index in [1.165, 1.54) is 19.3 Å². The Morgan fingerprint density at radius 2 is 2.00 bits per heavy atom. The first-order valence-corrected chi connectivity index (χ1v) is 9.30. The van der Waals surface area contributed by atoms with Crippen molar-refractivity contribution in [3.63, 3.8) is 0 Å². The number of carbonyl (C=O) groups excluding carboxylic acids is 1.